The van der Waals surface area contributed by atoms with E-state index >= 15 is 0 Å². The van der Waals surface area contributed by atoms with Crippen LogP contribution in [-0.4, -0.2) is 48.0 Å². The molecule has 0 aliphatic heterocycles. The summed E-state index contributed by atoms with van der Waals surface area (Å²) in [7, 11) is 3.64. The first-order valence-corrected chi connectivity index (χ1v) is 5.50. The van der Waals surface area contributed by atoms with Gasteiger partial charge in [-0.15, -0.1) is 0 Å². The number of hydrogen-bond donors (Lipinski definition) is 0. The fourth-order valence-electron chi connectivity index (χ4n) is 1.37. The lowest BCUT2D eigenvalue weighted by Gasteiger charge is -2.23. The van der Waals surface area contributed by atoms with Gasteiger partial charge >= 0.3 is 6.03 Å². The molecule has 0 aromatic carbocycles. The summed E-state index contributed by atoms with van der Waals surface area (Å²) in [6.07, 6.45) is 4.41. The van der Waals surface area contributed by atoms with Gasteiger partial charge in [0.1, 0.15) is 0 Å². The van der Waals surface area contributed by atoms with Crippen LogP contribution in [0.2, 0.25) is 0 Å². The Hall–Kier alpha value is -1.58. The monoisotopic (exact) mass is 221 g/mol. The Morgan fingerprint density at radius 1 is 1.25 bits per heavy atom. The number of likely N-dealkylation sites (N-methyl/N-ethyl adjacent to an activating group) is 1. The second kappa shape index (κ2) is 6.10. The van der Waals surface area contributed by atoms with Gasteiger partial charge in [-0.25, -0.2) is 4.79 Å². The van der Waals surface area contributed by atoms with E-state index in [4.69, 9.17) is 0 Å². The molecule has 0 spiro atoms. The summed E-state index contributed by atoms with van der Waals surface area (Å²) >= 11 is 0. The summed E-state index contributed by atoms with van der Waals surface area (Å²) in [6.45, 7) is 3.43. The predicted octanol–water partition coefficient (Wildman–Crippen LogP) is 1.63. The van der Waals surface area contributed by atoms with Crippen molar-refractivity contribution in [3.05, 3.63) is 30.1 Å². The molecule has 0 aliphatic rings. The lowest BCUT2D eigenvalue weighted by atomic mass is 10.2. The Kier molecular flexibility index (Phi) is 4.76. The molecule has 0 aliphatic carbocycles. The molecule has 1 aromatic heterocycles. The molecule has 0 saturated carbocycles. The number of carbonyl (C=O) groups is 1. The molecule has 4 nitrogen and oxygen atoms in total. The van der Waals surface area contributed by atoms with E-state index < -0.39 is 0 Å². The number of aromatic nitrogens is 1. The molecule has 1 heterocycles. The van der Waals surface area contributed by atoms with Crippen LogP contribution >= 0.6 is 0 Å². The van der Waals surface area contributed by atoms with Crippen molar-refractivity contribution in [1.29, 1.82) is 0 Å². The van der Waals surface area contributed by atoms with Crippen LogP contribution in [-0.2, 0) is 6.42 Å². The highest BCUT2D eigenvalue weighted by Crippen LogP contribution is 2.00. The molecular formula is C12H19N3O. The van der Waals surface area contributed by atoms with Gasteiger partial charge in [-0.1, -0.05) is 0 Å². The fraction of sp³-hybridized carbons (Fsp3) is 0.500. The van der Waals surface area contributed by atoms with Crippen LogP contribution in [0.15, 0.2) is 24.5 Å². The molecule has 0 fully saturated rings. The zero-order valence-corrected chi connectivity index (χ0v) is 10.2. The lowest BCUT2D eigenvalue weighted by molar-refractivity contribution is 0.176. The molecule has 16 heavy (non-hydrogen) atoms. The number of carbonyl (C=O) groups excluding carboxylic acids is 1. The Labute approximate surface area is 96.9 Å². The minimum Gasteiger partial charge on any atom is -0.328 e. The molecule has 0 radical (unpaired) electrons. The van der Waals surface area contributed by atoms with Gasteiger partial charge < -0.3 is 9.80 Å². The highest BCUT2D eigenvalue weighted by atomic mass is 16.2. The Morgan fingerprint density at radius 3 is 2.44 bits per heavy atom. The van der Waals surface area contributed by atoms with Crippen LogP contribution < -0.4 is 0 Å². The molecule has 1 aromatic rings. The fourth-order valence-corrected chi connectivity index (χ4v) is 1.37. The second-order valence-corrected chi connectivity index (χ2v) is 3.82. The molecule has 0 bridgehead atoms. The number of pyridine rings is 1. The summed E-state index contributed by atoms with van der Waals surface area (Å²) in [5.74, 6) is 0. The zero-order chi connectivity index (χ0) is 12.0. The minimum absolute atomic E-state index is 0.0663. The van der Waals surface area contributed by atoms with Crippen LogP contribution in [0.4, 0.5) is 4.79 Å². The first-order valence-electron chi connectivity index (χ1n) is 5.50. The molecule has 0 saturated heterocycles. The Morgan fingerprint density at radius 2 is 1.88 bits per heavy atom. The van der Waals surface area contributed by atoms with E-state index in [0.717, 1.165) is 19.5 Å². The van der Waals surface area contributed by atoms with Gasteiger partial charge in [0, 0.05) is 39.6 Å². The molecule has 88 valence electrons. The van der Waals surface area contributed by atoms with Gasteiger partial charge in [0.05, 0.1) is 0 Å². The summed E-state index contributed by atoms with van der Waals surface area (Å²) in [4.78, 5) is 19.1. The van der Waals surface area contributed by atoms with E-state index in [1.165, 1.54) is 5.56 Å². The first kappa shape index (κ1) is 12.5. The quantitative estimate of drug-likeness (QED) is 0.774. The number of rotatable bonds is 4. The SMILES string of the molecule is CCN(C)C(=O)N(C)CCc1ccncc1. The van der Waals surface area contributed by atoms with Crippen LogP contribution in [0.25, 0.3) is 0 Å². The summed E-state index contributed by atoms with van der Waals surface area (Å²) in [5.41, 5.74) is 1.20. The van der Waals surface area contributed by atoms with E-state index in [0.29, 0.717) is 0 Å². The van der Waals surface area contributed by atoms with Gasteiger partial charge in [-0.3, -0.25) is 4.98 Å². The normalized spacial score (nSPS) is 9.94. The number of hydrogen-bond acceptors (Lipinski definition) is 2. The Balaban J connectivity index is 2.41. The highest BCUT2D eigenvalue weighted by Gasteiger charge is 2.11. The maximum absolute atomic E-state index is 11.7. The summed E-state index contributed by atoms with van der Waals surface area (Å²) < 4.78 is 0. The van der Waals surface area contributed by atoms with Crippen molar-refractivity contribution >= 4 is 6.03 Å². The third-order valence-corrected chi connectivity index (χ3v) is 2.61. The average molecular weight is 221 g/mol. The van der Waals surface area contributed by atoms with Crippen LogP contribution in [0, 0.1) is 0 Å². The van der Waals surface area contributed by atoms with Crippen molar-refractivity contribution in [2.45, 2.75) is 13.3 Å². The largest absolute Gasteiger partial charge is 0.328 e. The van der Waals surface area contributed by atoms with Crippen molar-refractivity contribution in [3.8, 4) is 0 Å². The van der Waals surface area contributed by atoms with Crippen molar-refractivity contribution in [2.75, 3.05) is 27.2 Å². The summed E-state index contributed by atoms with van der Waals surface area (Å²) in [5, 5.41) is 0. The standard InChI is InChI=1S/C12H19N3O/c1-4-14(2)12(16)15(3)10-7-11-5-8-13-9-6-11/h5-6,8-9H,4,7,10H2,1-3H3. The van der Waals surface area contributed by atoms with E-state index in [2.05, 4.69) is 4.98 Å². The summed E-state index contributed by atoms with van der Waals surface area (Å²) in [6, 6.07) is 4.01. The molecule has 1 rings (SSSR count). The van der Waals surface area contributed by atoms with Crippen molar-refractivity contribution < 1.29 is 4.79 Å². The second-order valence-electron chi connectivity index (χ2n) is 3.82. The van der Waals surface area contributed by atoms with E-state index in [1.54, 1.807) is 22.2 Å². The molecule has 0 unspecified atom stereocenters. The number of amides is 2. The van der Waals surface area contributed by atoms with E-state index in [-0.39, 0.29) is 6.03 Å². The van der Waals surface area contributed by atoms with Crippen LogP contribution in [0.3, 0.4) is 0 Å². The van der Waals surface area contributed by atoms with Gasteiger partial charge in [-0.05, 0) is 31.0 Å². The maximum Gasteiger partial charge on any atom is 0.319 e. The molecule has 0 atom stereocenters. The van der Waals surface area contributed by atoms with Crippen molar-refractivity contribution in [1.82, 2.24) is 14.8 Å². The lowest BCUT2D eigenvalue weighted by Crippen LogP contribution is -2.39. The number of nitrogens with zero attached hydrogens (tertiary/aromatic N) is 3. The minimum atomic E-state index is 0.0663. The molecule has 4 heteroatoms. The van der Waals surface area contributed by atoms with Crippen LogP contribution in [0.1, 0.15) is 12.5 Å². The van der Waals surface area contributed by atoms with Gasteiger partial charge in [0.25, 0.3) is 0 Å². The van der Waals surface area contributed by atoms with E-state index in [9.17, 15) is 4.79 Å². The van der Waals surface area contributed by atoms with Crippen molar-refractivity contribution in [3.63, 3.8) is 0 Å². The van der Waals surface area contributed by atoms with Crippen LogP contribution in [0.5, 0.6) is 0 Å². The maximum atomic E-state index is 11.7. The van der Waals surface area contributed by atoms with Gasteiger partial charge in [0.2, 0.25) is 0 Å². The van der Waals surface area contributed by atoms with E-state index in [1.807, 2.05) is 33.2 Å². The van der Waals surface area contributed by atoms with Gasteiger partial charge in [-0.2, -0.15) is 0 Å². The predicted molar refractivity (Wildman–Crippen MR) is 64.3 cm³/mol. The molecule has 2 amide bonds. The van der Waals surface area contributed by atoms with Gasteiger partial charge in [0.15, 0.2) is 0 Å². The number of urea groups is 1. The first-order chi connectivity index (χ1) is 7.65. The Bertz CT molecular complexity index is 326. The average Bonchev–Trinajstić information content (AvgIpc) is 2.35. The third-order valence-electron chi connectivity index (χ3n) is 2.61. The smallest absolute Gasteiger partial charge is 0.319 e. The zero-order valence-electron chi connectivity index (χ0n) is 10.2. The molecular weight excluding hydrogens is 202 g/mol. The highest BCUT2D eigenvalue weighted by molar-refractivity contribution is 5.73. The molecule has 0 N–H and O–H groups in total. The van der Waals surface area contributed by atoms with Crippen molar-refractivity contribution in [2.24, 2.45) is 0 Å². The third kappa shape index (κ3) is 3.53. The topological polar surface area (TPSA) is 36.4 Å².